The van der Waals surface area contributed by atoms with E-state index in [1.807, 2.05) is 36.4 Å². The van der Waals surface area contributed by atoms with Crippen molar-refractivity contribution < 1.29 is 9.47 Å². The molecule has 0 aliphatic carbocycles. The Morgan fingerprint density at radius 1 is 0.895 bits per heavy atom. The first-order valence-electron chi connectivity index (χ1n) is 6.11. The molecule has 2 rings (SSSR count). The highest BCUT2D eigenvalue weighted by atomic mass is 35.5. The Bertz CT molecular complexity index is 484. The molecule has 0 atom stereocenters. The van der Waals surface area contributed by atoms with E-state index in [4.69, 9.17) is 26.8 Å². The third-order valence-electron chi connectivity index (χ3n) is 2.48. The Hall–Kier alpha value is -1.87. The van der Waals surface area contributed by atoms with Gasteiger partial charge in [0.05, 0.1) is 13.2 Å². The van der Waals surface area contributed by atoms with E-state index in [1.54, 1.807) is 12.1 Å². The summed E-state index contributed by atoms with van der Waals surface area (Å²) in [6, 6.07) is 14.7. The van der Waals surface area contributed by atoms with Gasteiger partial charge >= 0.3 is 0 Å². The largest absolute Gasteiger partial charge is 0.493 e. The number of anilines is 1. The summed E-state index contributed by atoms with van der Waals surface area (Å²) in [6.45, 7) is 1.17. The quantitative estimate of drug-likeness (QED) is 0.646. The molecule has 0 radical (unpaired) electrons. The Morgan fingerprint density at radius 3 is 2.16 bits per heavy atom. The predicted molar refractivity (Wildman–Crippen MR) is 77.9 cm³/mol. The fourth-order valence-corrected chi connectivity index (χ4v) is 1.78. The van der Waals surface area contributed by atoms with Gasteiger partial charge in [-0.1, -0.05) is 23.7 Å². The fraction of sp³-hybridized carbons (Fsp3) is 0.200. The van der Waals surface area contributed by atoms with Gasteiger partial charge in [0.25, 0.3) is 0 Å². The van der Waals surface area contributed by atoms with Gasteiger partial charge in [0.2, 0.25) is 0 Å². The molecule has 0 aromatic heterocycles. The van der Waals surface area contributed by atoms with Crippen molar-refractivity contribution in [2.24, 2.45) is 0 Å². The molecule has 2 aromatic carbocycles. The SMILES string of the molecule is Nc1cccc(OCCCOc2cccc(Cl)c2)c1. The Kier molecular flexibility index (Phi) is 4.93. The molecular formula is C15H16ClNO2. The Morgan fingerprint density at radius 2 is 1.53 bits per heavy atom. The number of hydrogen-bond donors (Lipinski definition) is 1. The lowest BCUT2D eigenvalue weighted by Gasteiger charge is -2.08. The van der Waals surface area contributed by atoms with E-state index in [-0.39, 0.29) is 0 Å². The van der Waals surface area contributed by atoms with Crippen molar-refractivity contribution in [1.29, 1.82) is 0 Å². The van der Waals surface area contributed by atoms with Gasteiger partial charge in [0.15, 0.2) is 0 Å². The van der Waals surface area contributed by atoms with Crippen molar-refractivity contribution in [1.82, 2.24) is 0 Å². The molecular weight excluding hydrogens is 262 g/mol. The third-order valence-corrected chi connectivity index (χ3v) is 2.72. The summed E-state index contributed by atoms with van der Waals surface area (Å²) in [5.74, 6) is 1.55. The summed E-state index contributed by atoms with van der Waals surface area (Å²) < 4.78 is 11.1. The van der Waals surface area contributed by atoms with Crippen LogP contribution in [0.1, 0.15) is 6.42 Å². The van der Waals surface area contributed by atoms with Crippen LogP contribution in [0.25, 0.3) is 0 Å². The van der Waals surface area contributed by atoms with E-state index in [1.165, 1.54) is 0 Å². The summed E-state index contributed by atoms with van der Waals surface area (Å²) >= 11 is 5.86. The fourth-order valence-electron chi connectivity index (χ4n) is 1.60. The molecule has 0 amide bonds. The number of ether oxygens (including phenoxy) is 2. The topological polar surface area (TPSA) is 44.5 Å². The minimum atomic E-state index is 0.586. The van der Waals surface area contributed by atoms with Crippen LogP contribution in [0.2, 0.25) is 5.02 Å². The van der Waals surface area contributed by atoms with Crippen LogP contribution in [0.4, 0.5) is 5.69 Å². The van der Waals surface area contributed by atoms with Crippen LogP contribution >= 0.6 is 11.6 Å². The molecule has 19 heavy (non-hydrogen) atoms. The third kappa shape index (κ3) is 4.72. The molecule has 4 heteroatoms. The maximum Gasteiger partial charge on any atom is 0.121 e. The van der Waals surface area contributed by atoms with Crippen LogP contribution in [-0.2, 0) is 0 Å². The van der Waals surface area contributed by atoms with Crippen LogP contribution < -0.4 is 15.2 Å². The summed E-state index contributed by atoms with van der Waals surface area (Å²) in [5, 5.41) is 0.675. The summed E-state index contributed by atoms with van der Waals surface area (Å²) in [7, 11) is 0. The summed E-state index contributed by atoms with van der Waals surface area (Å²) in [5.41, 5.74) is 6.36. The number of nitrogen functional groups attached to an aromatic ring is 1. The second-order valence-electron chi connectivity index (χ2n) is 4.08. The second kappa shape index (κ2) is 6.90. The van der Waals surface area contributed by atoms with Gasteiger partial charge in [0.1, 0.15) is 11.5 Å². The first kappa shape index (κ1) is 13.6. The molecule has 0 unspecified atom stereocenters. The first-order valence-corrected chi connectivity index (χ1v) is 6.48. The summed E-state index contributed by atoms with van der Waals surface area (Å²) in [6.07, 6.45) is 0.793. The highest BCUT2D eigenvalue weighted by Gasteiger charge is 1.97. The van der Waals surface area contributed by atoms with E-state index >= 15 is 0 Å². The van der Waals surface area contributed by atoms with Gasteiger partial charge in [-0.15, -0.1) is 0 Å². The zero-order chi connectivity index (χ0) is 13.5. The van der Waals surface area contributed by atoms with Gasteiger partial charge in [-0.3, -0.25) is 0 Å². The smallest absolute Gasteiger partial charge is 0.121 e. The number of halogens is 1. The lowest BCUT2D eigenvalue weighted by molar-refractivity contribution is 0.247. The molecule has 0 fully saturated rings. The van der Waals surface area contributed by atoms with E-state index < -0.39 is 0 Å². The van der Waals surface area contributed by atoms with Crippen LogP contribution in [0.15, 0.2) is 48.5 Å². The average molecular weight is 278 g/mol. The highest BCUT2D eigenvalue weighted by Crippen LogP contribution is 2.17. The van der Waals surface area contributed by atoms with Crippen molar-refractivity contribution >= 4 is 17.3 Å². The van der Waals surface area contributed by atoms with Gasteiger partial charge in [-0.2, -0.15) is 0 Å². The van der Waals surface area contributed by atoms with Gasteiger partial charge in [-0.05, 0) is 30.3 Å². The molecule has 2 N–H and O–H groups in total. The number of hydrogen-bond acceptors (Lipinski definition) is 3. The van der Waals surface area contributed by atoms with Crippen LogP contribution in [0, 0.1) is 0 Å². The monoisotopic (exact) mass is 277 g/mol. The predicted octanol–water partition coefficient (Wildman–Crippen LogP) is 3.77. The minimum Gasteiger partial charge on any atom is -0.493 e. The van der Waals surface area contributed by atoms with Crippen molar-refractivity contribution in [3.05, 3.63) is 53.6 Å². The van der Waals surface area contributed by atoms with E-state index in [9.17, 15) is 0 Å². The minimum absolute atomic E-state index is 0.586. The normalized spacial score (nSPS) is 10.2. The molecule has 0 saturated heterocycles. The highest BCUT2D eigenvalue weighted by molar-refractivity contribution is 6.30. The number of benzene rings is 2. The van der Waals surface area contributed by atoms with E-state index in [0.717, 1.165) is 17.9 Å². The van der Waals surface area contributed by atoms with Crippen molar-refractivity contribution in [2.75, 3.05) is 18.9 Å². The number of nitrogens with two attached hydrogens (primary N) is 1. The average Bonchev–Trinajstić information content (AvgIpc) is 2.38. The lowest BCUT2D eigenvalue weighted by atomic mass is 10.3. The zero-order valence-corrected chi connectivity index (χ0v) is 11.3. The van der Waals surface area contributed by atoms with E-state index in [0.29, 0.717) is 23.9 Å². The van der Waals surface area contributed by atoms with Crippen molar-refractivity contribution in [3.8, 4) is 11.5 Å². The molecule has 0 aliphatic rings. The maximum atomic E-state index is 5.86. The second-order valence-corrected chi connectivity index (χ2v) is 4.52. The molecule has 100 valence electrons. The van der Waals surface area contributed by atoms with Gasteiger partial charge in [0, 0.05) is 23.2 Å². The molecule has 0 aliphatic heterocycles. The van der Waals surface area contributed by atoms with Crippen molar-refractivity contribution in [2.45, 2.75) is 6.42 Å². The standard InChI is InChI=1S/C15H16ClNO2/c16-12-4-1-6-14(10-12)18-8-3-9-19-15-7-2-5-13(17)11-15/h1-2,4-7,10-11H,3,8-9,17H2. The molecule has 0 heterocycles. The van der Waals surface area contributed by atoms with Crippen molar-refractivity contribution in [3.63, 3.8) is 0 Å². The summed E-state index contributed by atoms with van der Waals surface area (Å²) in [4.78, 5) is 0. The van der Waals surface area contributed by atoms with Crippen LogP contribution in [-0.4, -0.2) is 13.2 Å². The molecule has 0 saturated carbocycles. The van der Waals surface area contributed by atoms with E-state index in [2.05, 4.69) is 0 Å². The first-order chi connectivity index (χ1) is 9.24. The van der Waals surface area contributed by atoms with Gasteiger partial charge < -0.3 is 15.2 Å². The molecule has 3 nitrogen and oxygen atoms in total. The molecule has 0 bridgehead atoms. The molecule has 2 aromatic rings. The zero-order valence-electron chi connectivity index (χ0n) is 10.5. The Labute approximate surface area is 117 Å². The number of rotatable bonds is 6. The van der Waals surface area contributed by atoms with Gasteiger partial charge in [-0.25, -0.2) is 0 Å². The lowest BCUT2D eigenvalue weighted by Crippen LogP contribution is -2.05. The molecule has 0 spiro atoms. The maximum absolute atomic E-state index is 5.86. The van der Waals surface area contributed by atoms with Crippen LogP contribution in [0.5, 0.6) is 11.5 Å². The Balaban J connectivity index is 1.67. The van der Waals surface area contributed by atoms with Crippen LogP contribution in [0.3, 0.4) is 0 Å².